The van der Waals surface area contributed by atoms with Crippen LogP contribution < -0.4 is 5.32 Å². The highest BCUT2D eigenvalue weighted by Crippen LogP contribution is 2.30. The number of aliphatic imine (C=N–C) groups is 1. The van der Waals surface area contributed by atoms with Crippen molar-refractivity contribution in [2.75, 3.05) is 39.8 Å². The Labute approximate surface area is 131 Å². The van der Waals surface area contributed by atoms with Gasteiger partial charge in [0.25, 0.3) is 0 Å². The molecule has 1 aromatic heterocycles. The lowest BCUT2D eigenvalue weighted by atomic mass is 9.80. The Morgan fingerprint density at radius 3 is 2.73 bits per heavy atom. The van der Waals surface area contributed by atoms with Gasteiger partial charge in [0, 0.05) is 52.4 Å². The molecule has 1 aliphatic heterocycles. The normalized spacial score (nSPS) is 22.5. The van der Waals surface area contributed by atoms with Gasteiger partial charge in [-0.25, -0.2) is 0 Å². The van der Waals surface area contributed by atoms with Crippen molar-refractivity contribution in [1.29, 1.82) is 0 Å². The van der Waals surface area contributed by atoms with Crippen molar-refractivity contribution in [3.05, 3.63) is 18.0 Å². The van der Waals surface area contributed by atoms with E-state index >= 15 is 0 Å². The number of piperazine rings is 1. The monoisotopic (exact) mass is 307 g/mol. The number of guanidine groups is 1. The summed E-state index contributed by atoms with van der Waals surface area (Å²) in [6.07, 6.45) is 4.52. The van der Waals surface area contributed by atoms with E-state index in [4.69, 9.17) is 4.52 Å². The second kappa shape index (κ2) is 6.66. The first-order valence-electron chi connectivity index (χ1n) is 7.98. The molecule has 1 saturated heterocycles. The van der Waals surface area contributed by atoms with Gasteiger partial charge in [-0.15, -0.1) is 0 Å². The summed E-state index contributed by atoms with van der Waals surface area (Å²) in [6.45, 7) is 5.22. The first-order valence-corrected chi connectivity index (χ1v) is 7.98. The Bertz CT molecular complexity index is 490. The summed E-state index contributed by atoms with van der Waals surface area (Å²) in [6, 6.07) is 1.91. The molecule has 7 nitrogen and oxygen atoms in total. The lowest BCUT2D eigenvalue weighted by molar-refractivity contribution is -0.0284. The van der Waals surface area contributed by atoms with E-state index in [2.05, 4.69) is 25.3 Å². The van der Waals surface area contributed by atoms with Crippen LogP contribution in [-0.2, 0) is 6.54 Å². The van der Waals surface area contributed by atoms with E-state index in [0.717, 1.165) is 63.6 Å². The molecule has 3 rings (SSSR count). The van der Waals surface area contributed by atoms with Crippen LogP contribution in [0.5, 0.6) is 0 Å². The second-order valence-corrected chi connectivity index (χ2v) is 6.23. The number of nitrogens with one attached hydrogen (secondary N) is 1. The van der Waals surface area contributed by atoms with Gasteiger partial charge in [-0.3, -0.25) is 9.89 Å². The molecule has 2 N–H and O–H groups in total. The Morgan fingerprint density at radius 2 is 2.18 bits per heavy atom. The molecular formula is C15H25N5O2. The van der Waals surface area contributed by atoms with Crippen LogP contribution >= 0.6 is 0 Å². The van der Waals surface area contributed by atoms with Gasteiger partial charge in [-0.05, 0) is 19.3 Å². The van der Waals surface area contributed by atoms with Crippen LogP contribution in [0.25, 0.3) is 0 Å². The summed E-state index contributed by atoms with van der Waals surface area (Å²) in [5, 5.41) is 17.5. The lowest BCUT2D eigenvalue weighted by Gasteiger charge is -2.40. The van der Waals surface area contributed by atoms with Crippen LogP contribution in [-0.4, -0.2) is 71.4 Å². The number of hydrogen-bond acceptors (Lipinski definition) is 5. The third kappa shape index (κ3) is 3.59. The standard InChI is InChI=1S/C15H25N5O2/c1-16-14(17-12-15(21)4-2-5-15)20-8-6-19(7-9-20)11-13-3-10-22-18-13/h3,10,21H,2,4-9,11-12H2,1H3,(H,16,17). The maximum Gasteiger partial charge on any atom is 0.193 e. The molecule has 122 valence electrons. The molecule has 1 aromatic rings. The Morgan fingerprint density at radius 1 is 1.41 bits per heavy atom. The van der Waals surface area contributed by atoms with E-state index in [-0.39, 0.29) is 0 Å². The van der Waals surface area contributed by atoms with Crippen LogP contribution in [0.2, 0.25) is 0 Å². The number of aliphatic hydroxyl groups is 1. The van der Waals surface area contributed by atoms with Gasteiger partial charge < -0.3 is 19.8 Å². The number of aromatic nitrogens is 1. The van der Waals surface area contributed by atoms with Crippen molar-refractivity contribution in [2.45, 2.75) is 31.4 Å². The molecule has 0 amide bonds. The molecule has 0 spiro atoms. The minimum Gasteiger partial charge on any atom is -0.388 e. The van der Waals surface area contributed by atoms with E-state index in [0.29, 0.717) is 6.54 Å². The van der Waals surface area contributed by atoms with Crippen LogP contribution in [0.3, 0.4) is 0 Å². The van der Waals surface area contributed by atoms with Crippen LogP contribution in [0.15, 0.2) is 21.8 Å². The van der Waals surface area contributed by atoms with E-state index in [1.54, 1.807) is 13.3 Å². The highest BCUT2D eigenvalue weighted by atomic mass is 16.5. The quantitative estimate of drug-likeness (QED) is 0.615. The van der Waals surface area contributed by atoms with E-state index in [1.807, 2.05) is 6.07 Å². The molecular weight excluding hydrogens is 282 g/mol. The Kier molecular flexibility index (Phi) is 4.63. The molecule has 2 heterocycles. The summed E-state index contributed by atoms with van der Waals surface area (Å²) in [7, 11) is 1.80. The smallest absolute Gasteiger partial charge is 0.193 e. The predicted octanol–water partition coefficient (Wildman–Crippen LogP) is 0.283. The molecule has 22 heavy (non-hydrogen) atoms. The molecule has 1 saturated carbocycles. The topological polar surface area (TPSA) is 77.1 Å². The Balaban J connectivity index is 1.44. The largest absolute Gasteiger partial charge is 0.388 e. The van der Waals surface area contributed by atoms with Crippen molar-refractivity contribution in [1.82, 2.24) is 20.3 Å². The lowest BCUT2D eigenvalue weighted by Crippen LogP contribution is -2.55. The summed E-state index contributed by atoms with van der Waals surface area (Å²) in [4.78, 5) is 8.96. The molecule has 0 atom stereocenters. The summed E-state index contributed by atoms with van der Waals surface area (Å²) >= 11 is 0. The minimum atomic E-state index is -0.523. The number of rotatable bonds is 4. The maximum atomic E-state index is 10.2. The van der Waals surface area contributed by atoms with Crippen molar-refractivity contribution in [2.24, 2.45) is 4.99 Å². The molecule has 0 unspecified atom stereocenters. The fourth-order valence-corrected chi connectivity index (χ4v) is 3.00. The summed E-state index contributed by atoms with van der Waals surface area (Å²) in [5.74, 6) is 0.890. The number of hydrogen-bond donors (Lipinski definition) is 2. The van der Waals surface area contributed by atoms with Gasteiger partial charge in [0.1, 0.15) is 6.26 Å². The fourth-order valence-electron chi connectivity index (χ4n) is 3.00. The van der Waals surface area contributed by atoms with Crippen molar-refractivity contribution in [3.8, 4) is 0 Å². The van der Waals surface area contributed by atoms with E-state index in [1.165, 1.54) is 0 Å². The average molecular weight is 307 g/mol. The van der Waals surface area contributed by atoms with Crippen LogP contribution in [0.1, 0.15) is 25.0 Å². The van der Waals surface area contributed by atoms with Gasteiger partial charge in [0.2, 0.25) is 0 Å². The Hall–Kier alpha value is -1.60. The number of nitrogens with zero attached hydrogens (tertiary/aromatic N) is 4. The summed E-state index contributed by atoms with van der Waals surface area (Å²) < 4.78 is 4.87. The van der Waals surface area contributed by atoms with Crippen molar-refractivity contribution in [3.63, 3.8) is 0 Å². The van der Waals surface area contributed by atoms with Gasteiger partial charge in [-0.2, -0.15) is 0 Å². The molecule has 2 fully saturated rings. The van der Waals surface area contributed by atoms with E-state index in [9.17, 15) is 5.11 Å². The van der Waals surface area contributed by atoms with Crippen LogP contribution in [0.4, 0.5) is 0 Å². The fraction of sp³-hybridized carbons (Fsp3) is 0.733. The SMILES string of the molecule is CN=C(NCC1(O)CCC1)N1CCN(Cc2ccon2)CC1. The first-order chi connectivity index (χ1) is 10.7. The van der Waals surface area contributed by atoms with Crippen LogP contribution in [0, 0.1) is 0 Å². The van der Waals surface area contributed by atoms with Crippen molar-refractivity contribution < 1.29 is 9.63 Å². The van der Waals surface area contributed by atoms with E-state index < -0.39 is 5.60 Å². The molecule has 0 radical (unpaired) electrons. The van der Waals surface area contributed by atoms with Crippen molar-refractivity contribution >= 4 is 5.96 Å². The third-order valence-corrected chi connectivity index (χ3v) is 4.62. The zero-order chi connectivity index (χ0) is 15.4. The molecule has 0 bridgehead atoms. The molecule has 2 aliphatic rings. The highest BCUT2D eigenvalue weighted by molar-refractivity contribution is 5.80. The highest BCUT2D eigenvalue weighted by Gasteiger charge is 2.34. The van der Waals surface area contributed by atoms with Gasteiger partial charge in [-0.1, -0.05) is 5.16 Å². The minimum absolute atomic E-state index is 0.523. The zero-order valence-electron chi connectivity index (χ0n) is 13.2. The predicted molar refractivity (Wildman–Crippen MR) is 83.5 cm³/mol. The van der Waals surface area contributed by atoms with Gasteiger partial charge in [0.15, 0.2) is 5.96 Å². The zero-order valence-corrected chi connectivity index (χ0v) is 13.2. The third-order valence-electron chi connectivity index (χ3n) is 4.62. The first kappa shape index (κ1) is 15.3. The van der Waals surface area contributed by atoms with Gasteiger partial charge >= 0.3 is 0 Å². The molecule has 1 aliphatic carbocycles. The molecule has 0 aromatic carbocycles. The molecule has 7 heteroatoms. The second-order valence-electron chi connectivity index (χ2n) is 6.23. The maximum absolute atomic E-state index is 10.2. The summed E-state index contributed by atoms with van der Waals surface area (Å²) in [5.41, 5.74) is 0.452. The average Bonchev–Trinajstić information content (AvgIpc) is 3.00. The van der Waals surface area contributed by atoms with Gasteiger partial charge in [0.05, 0.1) is 11.3 Å².